The molecule has 4 aromatic rings. The molecule has 0 bridgehead atoms. The average molecular weight is 1110 g/mol. The van der Waals surface area contributed by atoms with Crippen LogP contribution >= 0.6 is 0 Å². The summed E-state index contributed by atoms with van der Waals surface area (Å²) in [5, 5.41) is 4.15. The molecule has 0 N–H and O–H groups in total. The quantitative estimate of drug-likeness (QED) is 0.0251. The van der Waals surface area contributed by atoms with Gasteiger partial charge in [0, 0.05) is 0 Å². The number of aryl methyl sites for hydroxylation is 4. The minimum Gasteiger partial charge on any atom is -0.744 e. The van der Waals surface area contributed by atoms with Gasteiger partial charge in [-0.05, 0) is 107 Å². The first-order valence-corrected chi connectivity index (χ1v) is 30.8. The van der Waals surface area contributed by atoms with E-state index in [4.69, 9.17) is 0 Å². The fourth-order valence-corrected chi connectivity index (χ4v) is 11.7. The van der Waals surface area contributed by atoms with Crippen LogP contribution in [0.25, 0.3) is 21.5 Å². The summed E-state index contributed by atoms with van der Waals surface area (Å²) < 4.78 is 72.6. The van der Waals surface area contributed by atoms with Gasteiger partial charge in [0.1, 0.15) is 20.2 Å². The first kappa shape index (κ1) is 63.9. The maximum atomic E-state index is 12.1. The molecule has 0 aliphatic rings. The van der Waals surface area contributed by atoms with Crippen molar-refractivity contribution in [2.24, 2.45) is 0 Å². The molecular weight excluding hydrogens is 1020 g/mol. The van der Waals surface area contributed by atoms with Crippen LogP contribution in [0.1, 0.15) is 255 Å². The van der Waals surface area contributed by atoms with Gasteiger partial charge in [-0.1, -0.05) is 256 Å². The number of unbranched alkanes of at least 4 members (excludes halogenated alkanes) is 28. The van der Waals surface area contributed by atoms with Crippen LogP contribution in [0.2, 0.25) is 0 Å². The van der Waals surface area contributed by atoms with Gasteiger partial charge in [-0.15, -0.1) is 0 Å². The van der Waals surface area contributed by atoms with Gasteiger partial charge in [0.15, 0.2) is 0 Å². The van der Waals surface area contributed by atoms with Crippen molar-refractivity contribution in [3.05, 3.63) is 82.9 Å². The van der Waals surface area contributed by atoms with E-state index in [0.717, 1.165) is 84.0 Å². The van der Waals surface area contributed by atoms with Gasteiger partial charge >= 0.3 is 48.9 Å². The van der Waals surface area contributed by atoms with Crippen LogP contribution in [-0.2, 0) is 45.9 Å². The van der Waals surface area contributed by atoms with E-state index < -0.39 is 20.2 Å². The number of hydrogen-bond acceptors (Lipinski definition) is 6. The molecule has 0 aromatic heterocycles. The molecule has 69 heavy (non-hydrogen) atoms. The summed E-state index contributed by atoms with van der Waals surface area (Å²) in [7, 11) is -8.98. The van der Waals surface area contributed by atoms with Gasteiger partial charge in [-0.3, -0.25) is 0 Å². The van der Waals surface area contributed by atoms with Crippen molar-refractivity contribution >= 4 is 90.7 Å². The van der Waals surface area contributed by atoms with E-state index in [2.05, 4.69) is 52.0 Å². The molecule has 0 atom stereocenters. The number of hydrogen-bond donors (Lipinski definition) is 0. The molecular formula is C60H94BaO6S2. The standard InChI is InChI=1S/2C30H48O3S.Ba/c2*1-3-5-7-9-11-13-15-17-20-26-21-19-22-27-24-25-29(34(31,32)33)28(30(26)27)23-18-16-14-12-10-8-6-4-2;/h2*19,21-22,24-25H,3-18,20,23H2,1-2H3,(H,31,32,33);/q;;+2/p-2. The molecule has 0 amide bonds. The summed E-state index contributed by atoms with van der Waals surface area (Å²) in [6, 6.07) is 19.2. The van der Waals surface area contributed by atoms with Crippen molar-refractivity contribution < 1.29 is 25.9 Å². The van der Waals surface area contributed by atoms with Crippen LogP contribution in [0.5, 0.6) is 0 Å². The molecule has 0 saturated carbocycles. The minimum atomic E-state index is -4.49. The molecule has 0 heterocycles. The number of benzene rings is 4. The van der Waals surface area contributed by atoms with Crippen molar-refractivity contribution in [3.63, 3.8) is 0 Å². The third kappa shape index (κ3) is 25.5. The fraction of sp³-hybridized carbons (Fsp3) is 0.667. The topological polar surface area (TPSA) is 114 Å². The molecule has 6 nitrogen and oxygen atoms in total. The molecule has 0 fully saturated rings. The summed E-state index contributed by atoms with van der Waals surface area (Å²) in [4.78, 5) is -0.0161. The average Bonchev–Trinajstić information content (AvgIpc) is 3.31. The first-order chi connectivity index (χ1) is 33.0. The Morgan fingerprint density at radius 1 is 0.319 bits per heavy atom. The van der Waals surface area contributed by atoms with E-state index >= 15 is 0 Å². The van der Waals surface area contributed by atoms with Crippen LogP contribution in [0.4, 0.5) is 0 Å². The Balaban J connectivity index is 0.000000467. The molecule has 0 radical (unpaired) electrons. The van der Waals surface area contributed by atoms with Crippen molar-refractivity contribution in [2.45, 2.75) is 269 Å². The zero-order chi connectivity index (χ0) is 49.3. The van der Waals surface area contributed by atoms with Crippen LogP contribution in [-0.4, -0.2) is 74.8 Å². The van der Waals surface area contributed by atoms with Gasteiger partial charge in [0.05, 0.1) is 9.79 Å². The van der Waals surface area contributed by atoms with Crippen LogP contribution in [0.15, 0.2) is 70.5 Å². The SMILES string of the molecule is CCCCCCCCCCc1cccc2ccc(S(=O)(=O)[O-])c(CCCCCCCCCC)c12.CCCCCCCCCCc1cccc2ccc(S(=O)(=O)[O-])c(CCCCCCCCCC)c12.[Ba+2]. The van der Waals surface area contributed by atoms with E-state index in [-0.39, 0.29) is 58.7 Å². The Kier molecular flexibility index (Phi) is 35.5. The zero-order valence-electron chi connectivity index (χ0n) is 44.2. The third-order valence-corrected chi connectivity index (χ3v) is 15.9. The molecule has 0 aliphatic heterocycles. The van der Waals surface area contributed by atoms with E-state index in [1.807, 2.05) is 24.3 Å². The van der Waals surface area contributed by atoms with E-state index in [1.165, 1.54) is 190 Å². The molecule has 0 unspecified atom stereocenters. The van der Waals surface area contributed by atoms with E-state index in [1.54, 1.807) is 0 Å². The Morgan fingerprint density at radius 3 is 0.826 bits per heavy atom. The maximum absolute atomic E-state index is 12.1. The summed E-state index contributed by atoms with van der Waals surface area (Å²) >= 11 is 0. The van der Waals surface area contributed by atoms with Crippen LogP contribution in [0, 0.1) is 0 Å². The maximum Gasteiger partial charge on any atom is 2.00 e. The van der Waals surface area contributed by atoms with E-state index in [9.17, 15) is 25.9 Å². The predicted octanol–water partition coefficient (Wildman–Crippen LogP) is 17.8. The minimum absolute atomic E-state index is 0. The van der Waals surface area contributed by atoms with Gasteiger partial charge in [-0.25, -0.2) is 16.8 Å². The van der Waals surface area contributed by atoms with Crippen molar-refractivity contribution in [2.75, 3.05) is 0 Å². The molecule has 4 aromatic carbocycles. The Morgan fingerprint density at radius 2 is 0.565 bits per heavy atom. The monoisotopic (exact) mass is 1110 g/mol. The van der Waals surface area contributed by atoms with Crippen LogP contribution < -0.4 is 0 Å². The van der Waals surface area contributed by atoms with Gasteiger partial charge in [0.2, 0.25) is 0 Å². The molecule has 4 rings (SSSR count). The predicted molar refractivity (Wildman–Crippen MR) is 295 cm³/mol. The second-order valence-electron chi connectivity index (χ2n) is 19.9. The molecule has 0 saturated heterocycles. The summed E-state index contributed by atoms with van der Waals surface area (Å²) in [5.74, 6) is 0. The number of rotatable bonds is 38. The summed E-state index contributed by atoms with van der Waals surface area (Å²) in [6.45, 7) is 8.96. The van der Waals surface area contributed by atoms with Gasteiger partial charge < -0.3 is 9.11 Å². The van der Waals surface area contributed by atoms with Crippen molar-refractivity contribution in [1.29, 1.82) is 0 Å². The summed E-state index contributed by atoms with van der Waals surface area (Å²) in [6.07, 6.45) is 42.7. The largest absolute Gasteiger partial charge is 2.00 e. The normalized spacial score (nSPS) is 11.8. The molecule has 9 heteroatoms. The molecule has 0 spiro atoms. The first-order valence-electron chi connectivity index (χ1n) is 28.0. The fourth-order valence-electron chi connectivity index (χ4n) is 10.2. The van der Waals surface area contributed by atoms with Gasteiger partial charge in [0.25, 0.3) is 0 Å². The van der Waals surface area contributed by atoms with Crippen molar-refractivity contribution in [3.8, 4) is 0 Å². The van der Waals surface area contributed by atoms with Crippen molar-refractivity contribution in [1.82, 2.24) is 0 Å². The number of fused-ring (bicyclic) bond motifs is 2. The third-order valence-electron chi connectivity index (χ3n) is 14.1. The second kappa shape index (κ2) is 38.4. The Hall–Kier alpha value is -1.21. The Bertz CT molecular complexity index is 2030. The Labute approximate surface area is 463 Å². The van der Waals surface area contributed by atoms with Gasteiger partial charge in [-0.2, -0.15) is 0 Å². The van der Waals surface area contributed by atoms with E-state index in [0.29, 0.717) is 12.8 Å². The zero-order valence-corrected chi connectivity index (χ0v) is 50.3. The molecule has 0 aliphatic carbocycles. The second-order valence-corrected chi connectivity index (χ2v) is 22.6. The smallest absolute Gasteiger partial charge is 0.744 e. The van der Waals surface area contributed by atoms with Crippen LogP contribution in [0.3, 0.4) is 0 Å². The summed E-state index contributed by atoms with van der Waals surface area (Å²) in [5.41, 5.74) is 3.91. The molecule has 384 valence electrons.